The molecule has 2 amide bonds. The molecule has 1 heterocycles. The normalized spacial score (nSPS) is 19.6. The Hall–Kier alpha value is -5.11. The van der Waals surface area contributed by atoms with Crippen LogP contribution < -0.4 is 14.8 Å². The minimum atomic E-state index is -1.34. The molecular weight excluding hydrogens is 532 g/mol. The molecule has 0 aromatic heterocycles. The predicted octanol–water partition coefficient (Wildman–Crippen LogP) is 6.34. The lowest BCUT2D eigenvalue weighted by atomic mass is 9.76. The van der Waals surface area contributed by atoms with Crippen molar-refractivity contribution >= 4 is 23.5 Å². The number of nitrogens with zero attached hydrogens (tertiary/aromatic N) is 1. The molecule has 1 aliphatic rings. The molecule has 8 nitrogen and oxygen atoms in total. The lowest BCUT2D eigenvalue weighted by Crippen LogP contribution is -2.45. The van der Waals surface area contributed by atoms with Gasteiger partial charge in [-0.2, -0.15) is 0 Å². The Bertz CT molecular complexity index is 1550. The number of amides is 2. The van der Waals surface area contributed by atoms with Gasteiger partial charge in [0.1, 0.15) is 17.5 Å². The van der Waals surface area contributed by atoms with E-state index in [2.05, 4.69) is 5.32 Å². The van der Waals surface area contributed by atoms with Crippen molar-refractivity contribution in [2.24, 2.45) is 5.92 Å². The van der Waals surface area contributed by atoms with Crippen molar-refractivity contribution in [1.82, 2.24) is 4.90 Å². The van der Waals surface area contributed by atoms with Crippen molar-refractivity contribution in [3.05, 3.63) is 125 Å². The fourth-order valence-electron chi connectivity index (χ4n) is 5.75. The van der Waals surface area contributed by atoms with Crippen LogP contribution in [0.25, 0.3) is 0 Å². The molecule has 8 heteroatoms. The van der Waals surface area contributed by atoms with E-state index in [-0.39, 0.29) is 5.78 Å². The van der Waals surface area contributed by atoms with Crippen molar-refractivity contribution in [2.45, 2.75) is 24.9 Å². The SMILES string of the molecule is COc1ccc(C(=O)C2C(c3ccccc3)C(C(=O)O)N(C(=O)Nc3ccc(C)cc3)C2c2ccc(OC)cc2)cc1. The largest absolute Gasteiger partial charge is 0.497 e. The molecule has 1 aliphatic heterocycles. The topological polar surface area (TPSA) is 105 Å². The van der Waals surface area contributed by atoms with E-state index in [9.17, 15) is 19.5 Å². The summed E-state index contributed by atoms with van der Waals surface area (Å²) in [6.45, 7) is 1.94. The Morgan fingerprint density at radius 3 is 1.86 bits per heavy atom. The molecule has 5 rings (SSSR count). The summed E-state index contributed by atoms with van der Waals surface area (Å²) in [5, 5.41) is 13.6. The van der Waals surface area contributed by atoms with Gasteiger partial charge in [-0.15, -0.1) is 0 Å². The zero-order valence-corrected chi connectivity index (χ0v) is 23.6. The Morgan fingerprint density at radius 2 is 1.31 bits per heavy atom. The first kappa shape index (κ1) is 28.4. The Labute approximate surface area is 244 Å². The number of benzene rings is 4. The van der Waals surface area contributed by atoms with Crippen molar-refractivity contribution in [3.8, 4) is 11.5 Å². The molecule has 4 atom stereocenters. The number of methoxy groups -OCH3 is 2. The maximum atomic E-state index is 14.5. The van der Waals surface area contributed by atoms with Crippen LogP contribution in [-0.2, 0) is 4.79 Å². The number of rotatable bonds is 8. The third-order valence-electron chi connectivity index (χ3n) is 7.78. The van der Waals surface area contributed by atoms with Gasteiger partial charge in [0, 0.05) is 17.2 Å². The number of carboxylic acid groups (broad SMARTS) is 1. The molecule has 0 saturated carbocycles. The Kier molecular flexibility index (Phi) is 8.24. The van der Waals surface area contributed by atoms with E-state index in [1.165, 1.54) is 4.90 Å². The van der Waals surface area contributed by atoms with Crippen molar-refractivity contribution in [3.63, 3.8) is 0 Å². The highest BCUT2D eigenvalue weighted by Gasteiger charge is 2.57. The van der Waals surface area contributed by atoms with Crippen LogP contribution in [0.3, 0.4) is 0 Å². The summed E-state index contributed by atoms with van der Waals surface area (Å²) in [7, 11) is 3.09. The van der Waals surface area contributed by atoms with Gasteiger partial charge in [0.05, 0.1) is 26.2 Å². The van der Waals surface area contributed by atoms with Crippen molar-refractivity contribution in [2.75, 3.05) is 19.5 Å². The summed E-state index contributed by atoms with van der Waals surface area (Å²) in [4.78, 5) is 42.9. The second kappa shape index (κ2) is 12.2. The van der Waals surface area contributed by atoms with E-state index in [4.69, 9.17) is 9.47 Å². The summed E-state index contributed by atoms with van der Waals surface area (Å²) in [5.74, 6) is -2.05. The Balaban J connectivity index is 1.70. The lowest BCUT2D eigenvalue weighted by molar-refractivity contribution is -0.142. The second-order valence-electron chi connectivity index (χ2n) is 10.3. The number of hydrogen-bond acceptors (Lipinski definition) is 5. The lowest BCUT2D eigenvalue weighted by Gasteiger charge is -2.30. The maximum Gasteiger partial charge on any atom is 0.327 e. The standard InChI is InChI=1S/C34H32N2O6/c1-21-9-15-25(16-10-21)35-34(40)36-30(23-11-17-26(41-2)18-12-23)29(32(37)24-13-19-27(42-3)20-14-24)28(31(36)33(38)39)22-7-5-4-6-8-22/h4-20,28-31H,1-3H3,(H,35,40)(H,38,39). The van der Waals surface area contributed by atoms with Gasteiger partial charge in [0.15, 0.2) is 5.78 Å². The number of carbonyl (C=O) groups is 3. The molecule has 0 radical (unpaired) electrons. The minimum Gasteiger partial charge on any atom is -0.497 e. The molecule has 0 aliphatic carbocycles. The number of carboxylic acids is 1. The van der Waals surface area contributed by atoms with Crippen LogP contribution in [0.4, 0.5) is 10.5 Å². The monoisotopic (exact) mass is 564 g/mol. The number of aryl methyl sites for hydroxylation is 1. The Morgan fingerprint density at radius 1 is 0.738 bits per heavy atom. The number of Topliss-reactive ketones (excluding diaryl/α,β-unsaturated/α-hetero) is 1. The molecule has 214 valence electrons. The van der Waals surface area contributed by atoms with E-state index in [1.54, 1.807) is 99.1 Å². The van der Waals surface area contributed by atoms with Gasteiger partial charge in [-0.3, -0.25) is 4.79 Å². The number of ether oxygens (including phenoxy) is 2. The third kappa shape index (κ3) is 5.56. The highest BCUT2D eigenvalue weighted by atomic mass is 16.5. The summed E-state index contributed by atoms with van der Waals surface area (Å²) >= 11 is 0. The highest BCUT2D eigenvalue weighted by molar-refractivity contribution is 6.02. The number of carbonyl (C=O) groups excluding carboxylic acids is 2. The maximum absolute atomic E-state index is 14.5. The van der Waals surface area contributed by atoms with Gasteiger partial charge in [-0.25, -0.2) is 9.59 Å². The number of urea groups is 1. The van der Waals surface area contributed by atoms with Gasteiger partial charge in [0.25, 0.3) is 0 Å². The number of likely N-dealkylation sites (tertiary alicyclic amines) is 1. The van der Waals surface area contributed by atoms with Crippen LogP contribution in [0.15, 0.2) is 103 Å². The van der Waals surface area contributed by atoms with E-state index in [0.29, 0.717) is 33.9 Å². The van der Waals surface area contributed by atoms with Crippen LogP contribution in [0, 0.1) is 12.8 Å². The molecule has 4 aromatic rings. The molecule has 1 fully saturated rings. The number of nitrogens with one attached hydrogen (secondary N) is 1. The van der Waals surface area contributed by atoms with Crippen LogP contribution in [-0.4, -0.2) is 48.1 Å². The van der Waals surface area contributed by atoms with Crippen LogP contribution in [0.5, 0.6) is 11.5 Å². The second-order valence-corrected chi connectivity index (χ2v) is 10.3. The zero-order chi connectivity index (χ0) is 29.8. The molecule has 0 spiro atoms. The minimum absolute atomic E-state index is 0.274. The first-order valence-corrected chi connectivity index (χ1v) is 13.6. The fraction of sp³-hybridized carbons (Fsp3) is 0.206. The number of ketones is 1. The van der Waals surface area contributed by atoms with E-state index in [0.717, 1.165) is 5.56 Å². The van der Waals surface area contributed by atoms with Gasteiger partial charge in [-0.1, -0.05) is 60.2 Å². The van der Waals surface area contributed by atoms with Gasteiger partial charge in [0.2, 0.25) is 0 Å². The average Bonchev–Trinajstić information content (AvgIpc) is 3.39. The number of hydrogen-bond donors (Lipinski definition) is 2. The molecule has 0 bridgehead atoms. The van der Waals surface area contributed by atoms with Gasteiger partial charge >= 0.3 is 12.0 Å². The molecule has 2 N–H and O–H groups in total. The molecule has 4 aromatic carbocycles. The van der Waals surface area contributed by atoms with E-state index in [1.807, 2.05) is 25.1 Å². The predicted molar refractivity (Wildman–Crippen MR) is 159 cm³/mol. The van der Waals surface area contributed by atoms with Gasteiger partial charge in [-0.05, 0) is 66.6 Å². The smallest absolute Gasteiger partial charge is 0.327 e. The first-order valence-electron chi connectivity index (χ1n) is 13.6. The molecule has 4 unspecified atom stereocenters. The molecule has 1 saturated heterocycles. The quantitative estimate of drug-likeness (QED) is 0.242. The fourth-order valence-corrected chi connectivity index (χ4v) is 5.75. The third-order valence-corrected chi connectivity index (χ3v) is 7.78. The van der Waals surface area contributed by atoms with Crippen molar-refractivity contribution < 1.29 is 29.0 Å². The average molecular weight is 565 g/mol. The molecule has 42 heavy (non-hydrogen) atoms. The summed E-state index contributed by atoms with van der Waals surface area (Å²) in [6, 6.07) is 27.2. The number of anilines is 1. The summed E-state index contributed by atoms with van der Waals surface area (Å²) < 4.78 is 10.6. The van der Waals surface area contributed by atoms with Crippen LogP contribution in [0.2, 0.25) is 0 Å². The van der Waals surface area contributed by atoms with Crippen molar-refractivity contribution in [1.29, 1.82) is 0 Å². The molecular formula is C34H32N2O6. The van der Waals surface area contributed by atoms with Gasteiger partial charge < -0.3 is 24.8 Å². The highest BCUT2D eigenvalue weighted by Crippen LogP contribution is 2.51. The number of aliphatic carboxylic acids is 1. The van der Waals surface area contributed by atoms with E-state index >= 15 is 0 Å². The van der Waals surface area contributed by atoms with Crippen LogP contribution in [0.1, 0.15) is 39.0 Å². The van der Waals surface area contributed by atoms with Crippen LogP contribution >= 0.6 is 0 Å². The summed E-state index contributed by atoms with van der Waals surface area (Å²) in [5.41, 5.74) is 3.20. The first-order chi connectivity index (χ1) is 20.3. The zero-order valence-electron chi connectivity index (χ0n) is 23.6. The van der Waals surface area contributed by atoms with E-state index < -0.39 is 35.9 Å². The summed E-state index contributed by atoms with van der Waals surface area (Å²) in [6.07, 6.45) is 0.